The standard InChI is InChI=1S/C21H24N2O7/c1-26-17-7-11(6-13(24)20(17)25)18-12-8-15-16(29-10-28-15)9-14(12)30-21(19(18)22)23-2-4-27-5-3-23/h6-9,18-19,21,24-25H,2-5,10,22H2,1H3. The van der Waals surface area contributed by atoms with E-state index >= 15 is 0 Å². The van der Waals surface area contributed by atoms with Crippen LogP contribution in [0.25, 0.3) is 0 Å². The minimum atomic E-state index is -0.454. The molecule has 160 valence electrons. The molecule has 0 saturated carbocycles. The molecule has 0 spiro atoms. The quantitative estimate of drug-likeness (QED) is 0.638. The summed E-state index contributed by atoms with van der Waals surface area (Å²) in [5.41, 5.74) is 8.29. The molecular weight excluding hydrogens is 392 g/mol. The van der Waals surface area contributed by atoms with Crippen molar-refractivity contribution in [3.8, 4) is 34.5 Å². The van der Waals surface area contributed by atoms with Crippen LogP contribution in [-0.4, -0.2) is 67.6 Å². The molecule has 3 aliphatic rings. The van der Waals surface area contributed by atoms with Crippen LogP contribution in [0.2, 0.25) is 0 Å². The van der Waals surface area contributed by atoms with E-state index in [2.05, 4.69) is 4.90 Å². The minimum absolute atomic E-state index is 0.148. The summed E-state index contributed by atoms with van der Waals surface area (Å²) in [5, 5.41) is 20.3. The fraction of sp³-hybridized carbons (Fsp3) is 0.429. The number of nitrogens with two attached hydrogens (primary N) is 1. The predicted molar refractivity (Wildman–Crippen MR) is 106 cm³/mol. The number of hydrogen-bond donors (Lipinski definition) is 3. The number of methoxy groups -OCH3 is 1. The molecule has 1 saturated heterocycles. The molecular formula is C21H24N2O7. The smallest absolute Gasteiger partial charge is 0.231 e. The van der Waals surface area contributed by atoms with E-state index in [1.807, 2.05) is 12.1 Å². The third-order valence-corrected chi connectivity index (χ3v) is 5.86. The Morgan fingerprint density at radius 3 is 2.50 bits per heavy atom. The van der Waals surface area contributed by atoms with E-state index in [9.17, 15) is 10.2 Å². The first kappa shape index (κ1) is 19.1. The number of phenols is 2. The Kier molecular flexibility index (Phi) is 4.73. The van der Waals surface area contributed by atoms with Gasteiger partial charge in [0.05, 0.1) is 26.4 Å². The molecule has 0 aliphatic carbocycles. The van der Waals surface area contributed by atoms with Gasteiger partial charge in [0.2, 0.25) is 12.5 Å². The highest BCUT2D eigenvalue weighted by Gasteiger charge is 2.42. The normalized spacial score (nSPS) is 25.5. The summed E-state index contributed by atoms with van der Waals surface area (Å²) in [5.74, 6) is 1.15. The summed E-state index contributed by atoms with van der Waals surface area (Å²) in [6.07, 6.45) is -0.395. The zero-order valence-corrected chi connectivity index (χ0v) is 16.5. The van der Waals surface area contributed by atoms with E-state index < -0.39 is 12.3 Å². The van der Waals surface area contributed by atoms with Crippen LogP contribution in [0.1, 0.15) is 17.0 Å². The predicted octanol–water partition coefficient (Wildman–Crippen LogP) is 1.34. The van der Waals surface area contributed by atoms with E-state index in [1.165, 1.54) is 13.2 Å². The van der Waals surface area contributed by atoms with Gasteiger partial charge >= 0.3 is 0 Å². The Bertz CT molecular complexity index is 961. The molecule has 1 fully saturated rings. The van der Waals surface area contributed by atoms with Gasteiger partial charge < -0.3 is 39.6 Å². The van der Waals surface area contributed by atoms with Gasteiger partial charge in [0.1, 0.15) is 5.75 Å². The van der Waals surface area contributed by atoms with E-state index in [1.54, 1.807) is 6.07 Å². The van der Waals surface area contributed by atoms with E-state index in [-0.39, 0.29) is 30.0 Å². The lowest BCUT2D eigenvalue weighted by Crippen LogP contribution is -2.58. The van der Waals surface area contributed by atoms with Crippen molar-refractivity contribution in [2.24, 2.45) is 5.73 Å². The van der Waals surface area contributed by atoms with Crippen LogP contribution in [0.4, 0.5) is 0 Å². The van der Waals surface area contributed by atoms with Crippen molar-refractivity contribution in [3.05, 3.63) is 35.4 Å². The van der Waals surface area contributed by atoms with Crippen molar-refractivity contribution < 1.29 is 33.9 Å². The molecule has 0 amide bonds. The highest BCUT2D eigenvalue weighted by Crippen LogP contribution is 2.49. The van der Waals surface area contributed by atoms with Crippen LogP contribution >= 0.6 is 0 Å². The van der Waals surface area contributed by atoms with Crippen LogP contribution in [0.3, 0.4) is 0 Å². The number of hydrogen-bond acceptors (Lipinski definition) is 9. The van der Waals surface area contributed by atoms with Gasteiger partial charge in [0.15, 0.2) is 29.2 Å². The third kappa shape index (κ3) is 3.06. The number of phenolic OH excluding ortho intramolecular Hbond substituents is 2. The molecule has 3 unspecified atom stereocenters. The van der Waals surface area contributed by atoms with Gasteiger partial charge in [0, 0.05) is 30.6 Å². The van der Waals surface area contributed by atoms with E-state index in [4.69, 9.17) is 29.4 Å². The summed E-state index contributed by atoms with van der Waals surface area (Å²) in [6.45, 7) is 2.78. The second-order valence-corrected chi connectivity index (χ2v) is 7.55. The number of rotatable bonds is 3. The zero-order valence-electron chi connectivity index (χ0n) is 16.5. The van der Waals surface area contributed by atoms with Crippen LogP contribution in [0.5, 0.6) is 34.5 Å². The lowest BCUT2D eigenvalue weighted by Gasteiger charge is -2.44. The van der Waals surface area contributed by atoms with Gasteiger partial charge in [-0.1, -0.05) is 0 Å². The molecule has 3 atom stereocenters. The molecule has 0 radical (unpaired) electrons. The molecule has 9 nitrogen and oxygen atoms in total. The fourth-order valence-corrected chi connectivity index (χ4v) is 4.37. The molecule has 2 aromatic carbocycles. The lowest BCUT2D eigenvalue weighted by atomic mass is 9.81. The van der Waals surface area contributed by atoms with Gasteiger partial charge in [-0.25, -0.2) is 0 Å². The minimum Gasteiger partial charge on any atom is -0.504 e. The Morgan fingerprint density at radius 1 is 1.03 bits per heavy atom. The van der Waals surface area contributed by atoms with Crippen molar-refractivity contribution in [3.63, 3.8) is 0 Å². The molecule has 3 aliphatic heterocycles. The molecule has 4 N–H and O–H groups in total. The largest absolute Gasteiger partial charge is 0.504 e. The first-order valence-corrected chi connectivity index (χ1v) is 9.84. The van der Waals surface area contributed by atoms with Crippen molar-refractivity contribution in [2.45, 2.75) is 18.2 Å². The lowest BCUT2D eigenvalue weighted by molar-refractivity contribution is -0.0642. The van der Waals surface area contributed by atoms with Gasteiger partial charge in [0.25, 0.3) is 0 Å². The number of aromatic hydroxyl groups is 2. The summed E-state index contributed by atoms with van der Waals surface area (Å²) in [4.78, 5) is 2.16. The highest BCUT2D eigenvalue weighted by atomic mass is 16.7. The molecule has 0 bridgehead atoms. The Balaban J connectivity index is 1.63. The monoisotopic (exact) mass is 416 g/mol. The van der Waals surface area contributed by atoms with Gasteiger partial charge in [-0.2, -0.15) is 0 Å². The van der Waals surface area contributed by atoms with Gasteiger partial charge in [-0.3, -0.25) is 4.90 Å². The second-order valence-electron chi connectivity index (χ2n) is 7.55. The number of nitrogens with zero attached hydrogens (tertiary/aromatic N) is 1. The zero-order chi connectivity index (χ0) is 20.8. The SMILES string of the molecule is COc1cc(C2c3cc4c(cc3OC(N3CCOCC3)C2N)OCO4)cc(O)c1O. The number of fused-ring (bicyclic) bond motifs is 2. The highest BCUT2D eigenvalue weighted by molar-refractivity contribution is 5.59. The first-order chi connectivity index (χ1) is 14.6. The van der Waals surface area contributed by atoms with E-state index in [0.717, 1.165) is 5.56 Å². The van der Waals surface area contributed by atoms with Crippen molar-refractivity contribution in [1.82, 2.24) is 4.90 Å². The molecule has 9 heteroatoms. The van der Waals surface area contributed by atoms with Crippen LogP contribution in [-0.2, 0) is 4.74 Å². The van der Waals surface area contributed by atoms with E-state index in [0.29, 0.717) is 49.1 Å². The molecule has 0 aromatic heterocycles. The second kappa shape index (κ2) is 7.42. The topological polar surface area (TPSA) is 116 Å². The first-order valence-electron chi connectivity index (χ1n) is 9.84. The average Bonchev–Trinajstić information content (AvgIpc) is 3.22. The summed E-state index contributed by atoms with van der Waals surface area (Å²) >= 11 is 0. The Labute approximate surface area is 173 Å². The Morgan fingerprint density at radius 2 is 1.77 bits per heavy atom. The van der Waals surface area contributed by atoms with Crippen LogP contribution < -0.4 is 24.7 Å². The summed E-state index contributed by atoms with van der Waals surface area (Å²) < 4.78 is 28.1. The average molecular weight is 416 g/mol. The fourth-order valence-electron chi connectivity index (χ4n) is 4.37. The van der Waals surface area contributed by atoms with Crippen molar-refractivity contribution >= 4 is 0 Å². The number of benzene rings is 2. The molecule has 3 heterocycles. The summed E-state index contributed by atoms with van der Waals surface area (Å²) in [6, 6.07) is 6.44. The van der Waals surface area contributed by atoms with Crippen LogP contribution in [0.15, 0.2) is 24.3 Å². The summed E-state index contributed by atoms with van der Waals surface area (Å²) in [7, 11) is 1.44. The third-order valence-electron chi connectivity index (χ3n) is 5.86. The maximum absolute atomic E-state index is 10.3. The maximum atomic E-state index is 10.3. The van der Waals surface area contributed by atoms with Crippen LogP contribution in [0, 0.1) is 0 Å². The van der Waals surface area contributed by atoms with Gasteiger partial charge in [-0.05, 0) is 23.8 Å². The molecule has 30 heavy (non-hydrogen) atoms. The van der Waals surface area contributed by atoms with Crippen molar-refractivity contribution in [2.75, 3.05) is 40.2 Å². The number of ether oxygens (including phenoxy) is 5. The molecule has 2 aromatic rings. The number of morpholine rings is 1. The molecule has 5 rings (SSSR count). The Hall–Kier alpha value is -2.88. The maximum Gasteiger partial charge on any atom is 0.231 e. The van der Waals surface area contributed by atoms with Gasteiger partial charge in [-0.15, -0.1) is 0 Å². The van der Waals surface area contributed by atoms with Crippen molar-refractivity contribution in [1.29, 1.82) is 0 Å².